The molecule has 4 rings (SSSR count). The van der Waals surface area contributed by atoms with E-state index in [1.165, 1.54) is 22.3 Å². The van der Waals surface area contributed by atoms with E-state index in [2.05, 4.69) is 46.4 Å². The SMILES string of the molecule is O=C(NCC#Cc1ccncc1)OCC1c2ccccc2-c2ccccc21. The molecular formula is C23H18N2O2. The summed E-state index contributed by atoms with van der Waals surface area (Å²) in [5.74, 6) is 5.93. The van der Waals surface area contributed by atoms with Crippen LogP contribution in [0.1, 0.15) is 22.6 Å². The van der Waals surface area contributed by atoms with Gasteiger partial charge >= 0.3 is 6.09 Å². The fourth-order valence-electron chi connectivity index (χ4n) is 3.35. The molecule has 27 heavy (non-hydrogen) atoms. The van der Waals surface area contributed by atoms with Gasteiger partial charge in [-0.25, -0.2) is 4.79 Å². The lowest BCUT2D eigenvalue weighted by Gasteiger charge is -2.14. The Morgan fingerprint density at radius 1 is 0.963 bits per heavy atom. The van der Waals surface area contributed by atoms with E-state index in [1.807, 2.05) is 36.4 Å². The summed E-state index contributed by atoms with van der Waals surface area (Å²) in [5.41, 5.74) is 5.68. The van der Waals surface area contributed by atoms with E-state index in [0.29, 0.717) is 6.61 Å². The molecule has 0 saturated carbocycles. The van der Waals surface area contributed by atoms with Crippen molar-refractivity contribution in [2.24, 2.45) is 0 Å². The zero-order chi connectivity index (χ0) is 18.5. The fourth-order valence-corrected chi connectivity index (χ4v) is 3.35. The number of ether oxygens (including phenoxy) is 1. The van der Waals surface area contributed by atoms with E-state index in [1.54, 1.807) is 12.4 Å². The lowest BCUT2D eigenvalue weighted by Crippen LogP contribution is -2.26. The van der Waals surface area contributed by atoms with Gasteiger partial charge in [0.05, 0.1) is 6.54 Å². The maximum Gasteiger partial charge on any atom is 0.407 e. The molecule has 0 unspecified atom stereocenters. The third-order valence-corrected chi connectivity index (χ3v) is 4.58. The number of aromatic nitrogens is 1. The normalized spacial score (nSPS) is 11.7. The van der Waals surface area contributed by atoms with Crippen molar-refractivity contribution in [2.45, 2.75) is 5.92 Å². The lowest BCUT2D eigenvalue weighted by atomic mass is 9.98. The van der Waals surface area contributed by atoms with E-state index in [9.17, 15) is 4.79 Å². The Kier molecular flexibility index (Phi) is 4.84. The number of hydrogen-bond donors (Lipinski definition) is 1. The molecule has 132 valence electrons. The topological polar surface area (TPSA) is 51.2 Å². The Morgan fingerprint density at radius 2 is 1.59 bits per heavy atom. The summed E-state index contributed by atoms with van der Waals surface area (Å²) in [7, 11) is 0. The van der Waals surface area contributed by atoms with Crippen LogP contribution in [-0.4, -0.2) is 24.2 Å². The van der Waals surface area contributed by atoms with Crippen LogP contribution in [0, 0.1) is 11.8 Å². The van der Waals surface area contributed by atoms with Crippen molar-refractivity contribution in [2.75, 3.05) is 13.2 Å². The molecule has 1 aliphatic rings. The standard InChI is InChI=1S/C23H18N2O2/c26-23(25-13-5-6-17-11-14-24-15-12-17)27-16-22-20-9-3-1-7-18(20)19-8-2-4-10-21(19)22/h1-4,7-12,14-15,22H,13,16H2,(H,25,26). The van der Waals surface area contributed by atoms with Crippen molar-refractivity contribution in [3.63, 3.8) is 0 Å². The van der Waals surface area contributed by atoms with Crippen LogP contribution in [0.15, 0.2) is 73.1 Å². The molecule has 0 saturated heterocycles. The van der Waals surface area contributed by atoms with Gasteiger partial charge in [0.1, 0.15) is 6.61 Å². The first-order chi connectivity index (χ1) is 13.3. The third kappa shape index (κ3) is 3.68. The number of carbonyl (C=O) groups is 1. The average Bonchev–Trinajstić information content (AvgIpc) is 3.04. The minimum Gasteiger partial charge on any atom is -0.449 e. The number of rotatable bonds is 3. The van der Waals surface area contributed by atoms with Crippen molar-refractivity contribution in [3.8, 4) is 23.0 Å². The van der Waals surface area contributed by atoms with Crippen LogP contribution in [-0.2, 0) is 4.74 Å². The van der Waals surface area contributed by atoms with Gasteiger partial charge < -0.3 is 10.1 Å². The first-order valence-electron chi connectivity index (χ1n) is 8.80. The van der Waals surface area contributed by atoms with Gasteiger partial charge in [0.25, 0.3) is 0 Å². The molecule has 0 radical (unpaired) electrons. The summed E-state index contributed by atoms with van der Waals surface area (Å²) < 4.78 is 5.46. The maximum atomic E-state index is 12.0. The number of alkyl carbamates (subject to hydrolysis) is 1. The predicted octanol–water partition coefficient (Wildman–Crippen LogP) is 3.97. The molecule has 0 fully saturated rings. The van der Waals surface area contributed by atoms with Crippen molar-refractivity contribution in [1.82, 2.24) is 10.3 Å². The number of amides is 1. The maximum absolute atomic E-state index is 12.0. The first-order valence-corrected chi connectivity index (χ1v) is 8.80. The number of nitrogens with one attached hydrogen (secondary N) is 1. The molecule has 1 aliphatic carbocycles. The average molecular weight is 354 g/mol. The molecule has 0 spiro atoms. The molecule has 3 aromatic rings. The molecule has 4 nitrogen and oxygen atoms in total. The molecule has 1 aromatic heterocycles. The van der Waals surface area contributed by atoms with E-state index in [4.69, 9.17) is 4.74 Å². The lowest BCUT2D eigenvalue weighted by molar-refractivity contribution is 0.144. The number of hydrogen-bond acceptors (Lipinski definition) is 3. The van der Waals surface area contributed by atoms with Gasteiger partial charge in [-0.1, -0.05) is 60.4 Å². The second kappa shape index (κ2) is 7.76. The highest BCUT2D eigenvalue weighted by Crippen LogP contribution is 2.44. The zero-order valence-electron chi connectivity index (χ0n) is 14.7. The van der Waals surface area contributed by atoms with Gasteiger partial charge in [-0.3, -0.25) is 4.98 Å². The van der Waals surface area contributed by atoms with E-state index in [0.717, 1.165) is 5.56 Å². The number of carbonyl (C=O) groups excluding carboxylic acids is 1. The molecule has 0 bridgehead atoms. The third-order valence-electron chi connectivity index (χ3n) is 4.58. The minimum absolute atomic E-state index is 0.0612. The summed E-state index contributed by atoms with van der Waals surface area (Å²) in [5, 5.41) is 2.67. The fraction of sp³-hybridized carbons (Fsp3) is 0.130. The number of nitrogens with zero attached hydrogens (tertiary/aromatic N) is 1. The Hall–Kier alpha value is -3.58. The van der Waals surface area contributed by atoms with E-state index in [-0.39, 0.29) is 12.5 Å². The van der Waals surface area contributed by atoms with Crippen molar-refractivity contribution < 1.29 is 9.53 Å². The van der Waals surface area contributed by atoms with E-state index >= 15 is 0 Å². The summed E-state index contributed by atoms with van der Waals surface area (Å²) in [6.07, 6.45) is 2.91. The van der Waals surface area contributed by atoms with Crippen LogP contribution in [0.25, 0.3) is 11.1 Å². The first kappa shape index (κ1) is 16.9. The highest BCUT2D eigenvalue weighted by Gasteiger charge is 2.28. The molecule has 0 aliphatic heterocycles. The molecule has 0 atom stereocenters. The molecule has 2 aromatic carbocycles. The number of fused-ring (bicyclic) bond motifs is 3. The highest BCUT2D eigenvalue weighted by molar-refractivity contribution is 5.79. The van der Waals surface area contributed by atoms with Crippen LogP contribution in [0.3, 0.4) is 0 Å². The summed E-state index contributed by atoms with van der Waals surface area (Å²) >= 11 is 0. The molecule has 1 N–H and O–H groups in total. The van der Waals surface area contributed by atoms with Crippen LogP contribution in [0.5, 0.6) is 0 Å². The van der Waals surface area contributed by atoms with Gasteiger partial charge in [-0.15, -0.1) is 0 Å². The van der Waals surface area contributed by atoms with Gasteiger partial charge in [0, 0.05) is 23.9 Å². The van der Waals surface area contributed by atoms with Gasteiger partial charge in [0.15, 0.2) is 0 Å². The summed E-state index contributed by atoms with van der Waals surface area (Å²) in [4.78, 5) is 16.0. The highest BCUT2D eigenvalue weighted by atomic mass is 16.5. The monoisotopic (exact) mass is 354 g/mol. The van der Waals surface area contributed by atoms with E-state index < -0.39 is 6.09 Å². The van der Waals surface area contributed by atoms with Crippen molar-refractivity contribution in [1.29, 1.82) is 0 Å². The summed E-state index contributed by atoms with van der Waals surface area (Å²) in [6, 6.07) is 20.2. The van der Waals surface area contributed by atoms with Gasteiger partial charge in [0.2, 0.25) is 0 Å². The van der Waals surface area contributed by atoms with Crippen LogP contribution in [0.4, 0.5) is 4.79 Å². The second-order valence-electron chi connectivity index (χ2n) is 6.22. The Balaban J connectivity index is 1.36. The molecule has 1 heterocycles. The van der Waals surface area contributed by atoms with Crippen LogP contribution >= 0.6 is 0 Å². The zero-order valence-corrected chi connectivity index (χ0v) is 14.7. The number of pyridine rings is 1. The Morgan fingerprint density at radius 3 is 2.26 bits per heavy atom. The largest absolute Gasteiger partial charge is 0.449 e. The van der Waals surface area contributed by atoms with Crippen molar-refractivity contribution >= 4 is 6.09 Å². The van der Waals surface area contributed by atoms with Crippen molar-refractivity contribution in [3.05, 3.63) is 89.7 Å². The molecule has 1 amide bonds. The molecule has 4 heteroatoms. The van der Waals surface area contributed by atoms with Crippen LogP contribution in [0.2, 0.25) is 0 Å². The smallest absolute Gasteiger partial charge is 0.407 e. The second-order valence-corrected chi connectivity index (χ2v) is 6.22. The quantitative estimate of drug-likeness (QED) is 0.724. The summed E-state index contributed by atoms with van der Waals surface area (Å²) in [6.45, 7) is 0.538. The Bertz CT molecular complexity index is 974. The predicted molar refractivity (Wildman–Crippen MR) is 104 cm³/mol. The number of benzene rings is 2. The molecular weight excluding hydrogens is 336 g/mol. The van der Waals surface area contributed by atoms with Gasteiger partial charge in [-0.05, 0) is 34.4 Å². The Labute approximate surface area is 158 Å². The van der Waals surface area contributed by atoms with Gasteiger partial charge in [-0.2, -0.15) is 0 Å². The minimum atomic E-state index is -0.458. The van der Waals surface area contributed by atoms with Crippen LogP contribution < -0.4 is 5.32 Å².